The summed E-state index contributed by atoms with van der Waals surface area (Å²) in [6.45, 7) is 10.4. The Morgan fingerprint density at radius 2 is 1.62 bits per heavy atom. The van der Waals surface area contributed by atoms with Gasteiger partial charge in [0, 0.05) is 34.9 Å². The highest BCUT2D eigenvalue weighted by Gasteiger charge is 2.15. The molecule has 2 N–H and O–H groups in total. The molecule has 29 heavy (non-hydrogen) atoms. The molecule has 0 aliphatic carbocycles. The van der Waals surface area contributed by atoms with Crippen LogP contribution in [0.15, 0.2) is 29.1 Å². The number of hydrogen-bond acceptors (Lipinski definition) is 3. The Labute approximate surface area is 171 Å². The fraction of sp³-hybridized carbons (Fsp3) is 0.417. The first-order chi connectivity index (χ1) is 14.0. The van der Waals surface area contributed by atoms with Crippen LogP contribution in [0.1, 0.15) is 50.7 Å². The molecule has 0 radical (unpaired) electrons. The molecule has 0 aliphatic rings. The Hall–Kier alpha value is -2.82. The highest BCUT2D eigenvalue weighted by atomic mass is 16.1. The molecule has 0 amide bonds. The molecule has 5 nitrogen and oxygen atoms in total. The van der Waals surface area contributed by atoms with E-state index in [9.17, 15) is 4.79 Å². The maximum Gasteiger partial charge on any atom is 0.260 e. The highest BCUT2D eigenvalue weighted by Crippen LogP contribution is 2.32. The fourth-order valence-corrected chi connectivity index (χ4v) is 4.11. The number of aromatic amines is 2. The van der Waals surface area contributed by atoms with Crippen LogP contribution in [-0.2, 0) is 0 Å². The molecular formula is C24H30N4O. The number of aromatic nitrogens is 3. The fourth-order valence-electron chi connectivity index (χ4n) is 4.11. The number of unbranched alkanes of at least 4 members (excludes halogenated alkanes) is 2. The van der Waals surface area contributed by atoms with E-state index in [-0.39, 0.29) is 5.56 Å². The van der Waals surface area contributed by atoms with Gasteiger partial charge in [-0.3, -0.25) is 9.78 Å². The zero-order valence-corrected chi connectivity index (χ0v) is 17.9. The van der Waals surface area contributed by atoms with Crippen LogP contribution in [-0.4, -0.2) is 28.0 Å². The van der Waals surface area contributed by atoms with Crippen LogP contribution in [0.25, 0.3) is 32.7 Å². The lowest BCUT2D eigenvalue weighted by Gasteiger charge is -2.23. The van der Waals surface area contributed by atoms with Gasteiger partial charge in [0.15, 0.2) is 0 Å². The summed E-state index contributed by atoms with van der Waals surface area (Å²) in [5.41, 5.74) is 5.25. The maximum atomic E-state index is 12.9. The third-order valence-electron chi connectivity index (χ3n) is 5.85. The van der Waals surface area contributed by atoms with Gasteiger partial charge in [-0.1, -0.05) is 38.8 Å². The van der Waals surface area contributed by atoms with Gasteiger partial charge < -0.3 is 9.88 Å². The average Bonchev–Trinajstić information content (AvgIpc) is 3.09. The molecule has 5 heteroatoms. The second-order valence-corrected chi connectivity index (χ2v) is 8.07. The molecule has 0 unspecified atom stereocenters. The first-order valence-corrected chi connectivity index (χ1v) is 10.7. The highest BCUT2D eigenvalue weighted by molar-refractivity contribution is 6.13. The van der Waals surface area contributed by atoms with Crippen LogP contribution in [0, 0.1) is 13.8 Å². The lowest BCUT2D eigenvalue weighted by molar-refractivity contribution is 0.663. The molecule has 0 aliphatic heterocycles. The summed E-state index contributed by atoms with van der Waals surface area (Å²) in [4.78, 5) is 26.6. The Kier molecular flexibility index (Phi) is 5.31. The normalized spacial score (nSPS) is 11.7. The van der Waals surface area contributed by atoms with Gasteiger partial charge in [-0.05, 0) is 49.9 Å². The Bertz CT molecular complexity index is 1230. The number of fused-ring (bicyclic) bond motifs is 4. The van der Waals surface area contributed by atoms with E-state index in [0.717, 1.165) is 60.7 Å². The lowest BCUT2D eigenvalue weighted by atomic mass is 10.0. The summed E-state index contributed by atoms with van der Waals surface area (Å²) < 4.78 is 0. The summed E-state index contributed by atoms with van der Waals surface area (Å²) >= 11 is 0. The summed E-state index contributed by atoms with van der Waals surface area (Å²) in [7, 11) is 0. The molecule has 0 saturated heterocycles. The van der Waals surface area contributed by atoms with Crippen molar-refractivity contribution in [2.45, 2.75) is 53.4 Å². The van der Waals surface area contributed by atoms with Gasteiger partial charge in [-0.2, -0.15) is 0 Å². The largest absolute Gasteiger partial charge is 0.354 e. The molecule has 4 rings (SSSR count). The van der Waals surface area contributed by atoms with Crippen LogP contribution >= 0.6 is 0 Å². The van der Waals surface area contributed by atoms with Crippen LogP contribution in [0.2, 0.25) is 0 Å². The molecule has 0 bridgehead atoms. The van der Waals surface area contributed by atoms with Gasteiger partial charge in [-0.15, -0.1) is 0 Å². The van der Waals surface area contributed by atoms with Crippen molar-refractivity contribution in [3.63, 3.8) is 0 Å². The van der Waals surface area contributed by atoms with E-state index in [1.165, 1.54) is 16.5 Å². The third kappa shape index (κ3) is 3.50. The Balaban J connectivity index is 1.91. The van der Waals surface area contributed by atoms with E-state index in [2.05, 4.69) is 60.8 Å². The lowest BCUT2D eigenvalue weighted by Crippen LogP contribution is -2.29. The van der Waals surface area contributed by atoms with Crippen LogP contribution in [0.4, 0.5) is 5.95 Å². The number of aryl methyl sites for hydroxylation is 2. The number of hydrogen-bond donors (Lipinski definition) is 2. The number of nitrogens with zero attached hydrogens (tertiary/aromatic N) is 2. The zero-order valence-electron chi connectivity index (χ0n) is 17.9. The first kappa shape index (κ1) is 19.5. The molecule has 0 saturated carbocycles. The number of benzene rings is 2. The minimum atomic E-state index is -0.0722. The first-order valence-electron chi connectivity index (χ1n) is 10.7. The monoisotopic (exact) mass is 390 g/mol. The van der Waals surface area contributed by atoms with E-state index in [0.29, 0.717) is 11.3 Å². The number of H-pyrrole nitrogens is 2. The zero-order chi connectivity index (χ0) is 20.5. The van der Waals surface area contributed by atoms with Gasteiger partial charge in [0.25, 0.3) is 5.56 Å². The van der Waals surface area contributed by atoms with Gasteiger partial charge in [0.05, 0.1) is 10.9 Å². The predicted octanol–water partition coefficient (Wildman–Crippen LogP) is 5.58. The predicted molar refractivity (Wildman–Crippen MR) is 123 cm³/mol. The van der Waals surface area contributed by atoms with Crippen molar-refractivity contribution in [1.82, 2.24) is 15.0 Å². The summed E-state index contributed by atoms with van der Waals surface area (Å²) in [5.74, 6) is 0.691. The quantitative estimate of drug-likeness (QED) is 0.433. The molecule has 2 heterocycles. The molecule has 0 atom stereocenters. The van der Waals surface area contributed by atoms with Crippen molar-refractivity contribution >= 4 is 38.7 Å². The van der Waals surface area contributed by atoms with Crippen molar-refractivity contribution in [3.05, 3.63) is 45.7 Å². The Morgan fingerprint density at radius 3 is 2.31 bits per heavy atom. The summed E-state index contributed by atoms with van der Waals surface area (Å²) in [6, 6.07) is 8.31. The smallest absolute Gasteiger partial charge is 0.260 e. The number of rotatable bonds is 7. The van der Waals surface area contributed by atoms with Crippen molar-refractivity contribution in [2.75, 3.05) is 18.0 Å². The van der Waals surface area contributed by atoms with Gasteiger partial charge in [0.2, 0.25) is 5.95 Å². The van der Waals surface area contributed by atoms with Crippen LogP contribution < -0.4 is 10.5 Å². The van der Waals surface area contributed by atoms with Gasteiger partial charge in [0.1, 0.15) is 0 Å². The molecule has 2 aromatic carbocycles. The Morgan fingerprint density at radius 1 is 0.931 bits per heavy atom. The molecule has 0 fully saturated rings. The SMILES string of the molecule is CCCCN(CCCC)c1nc2cc3c(cc2c(=O)[nH]1)[nH]c1c(C)ccc(C)c13. The van der Waals surface area contributed by atoms with Crippen LogP contribution in [0.5, 0.6) is 0 Å². The molecule has 2 aromatic heterocycles. The van der Waals surface area contributed by atoms with Gasteiger partial charge in [-0.25, -0.2) is 4.98 Å². The van der Waals surface area contributed by atoms with Crippen molar-refractivity contribution in [2.24, 2.45) is 0 Å². The van der Waals surface area contributed by atoms with Gasteiger partial charge >= 0.3 is 0 Å². The van der Waals surface area contributed by atoms with E-state index < -0.39 is 0 Å². The minimum absolute atomic E-state index is 0.0722. The van der Waals surface area contributed by atoms with E-state index in [1.807, 2.05) is 6.07 Å². The second kappa shape index (κ2) is 7.90. The summed E-state index contributed by atoms with van der Waals surface area (Å²) in [6.07, 6.45) is 4.42. The number of nitrogens with one attached hydrogen (secondary N) is 2. The molecule has 152 valence electrons. The van der Waals surface area contributed by atoms with Crippen molar-refractivity contribution in [1.29, 1.82) is 0 Å². The summed E-state index contributed by atoms with van der Waals surface area (Å²) in [5, 5.41) is 2.99. The third-order valence-corrected chi connectivity index (χ3v) is 5.85. The minimum Gasteiger partial charge on any atom is -0.354 e. The van der Waals surface area contributed by atoms with Crippen LogP contribution in [0.3, 0.4) is 0 Å². The maximum absolute atomic E-state index is 12.9. The molecule has 0 spiro atoms. The van der Waals surface area contributed by atoms with E-state index in [1.54, 1.807) is 0 Å². The topological polar surface area (TPSA) is 64.8 Å². The van der Waals surface area contributed by atoms with E-state index in [4.69, 9.17) is 4.98 Å². The number of anilines is 1. The standard InChI is InChI=1S/C24H30N4O/c1-5-7-11-28(12-8-6-2)24-26-20-13-17-19(14-18(20)23(29)27-24)25-22-16(4)10-9-15(3)21(17)22/h9-10,13-14,25H,5-8,11-12H2,1-4H3,(H,26,27,29). The van der Waals surface area contributed by atoms with E-state index >= 15 is 0 Å². The molecule has 4 aromatic rings. The van der Waals surface area contributed by atoms with Crippen molar-refractivity contribution < 1.29 is 0 Å². The van der Waals surface area contributed by atoms with Crippen molar-refractivity contribution in [3.8, 4) is 0 Å². The molecular weight excluding hydrogens is 360 g/mol. The average molecular weight is 391 g/mol. The second-order valence-electron chi connectivity index (χ2n) is 8.07.